The van der Waals surface area contributed by atoms with Gasteiger partial charge in [0.05, 0.1) is 11.6 Å². The fourth-order valence-corrected chi connectivity index (χ4v) is 6.75. The van der Waals surface area contributed by atoms with Gasteiger partial charge in [-0.05, 0) is 85.3 Å². The van der Waals surface area contributed by atoms with E-state index in [9.17, 15) is 4.79 Å². The average molecular weight is 473 g/mol. The van der Waals surface area contributed by atoms with Crippen LogP contribution >= 0.6 is 11.3 Å². The van der Waals surface area contributed by atoms with Crippen molar-refractivity contribution in [2.75, 3.05) is 19.6 Å². The van der Waals surface area contributed by atoms with Crippen molar-refractivity contribution in [3.63, 3.8) is 0 Å². The molecule has 2 aromatic heterocycles. The van der Waals surface area contributed by atoms with Crippen molar-refractivity contribution in [2.45, 2.75) is 63.7 Å². The Morgan fingerprint density at radius 2 is 1.91 bits per heavy atom. The van der Waals surface area contributed by atoms with Gasteiger partial charge in [-0.25, -0.2) is 0 Å². The van der Waals surface area contributed by atoms with Crippen molar-refractivity contribution >= 4 is 32.8 Å². The van der Waals surface area contributed by atoms with Gasteiger partial charge in [0.25, 0.3) is 0 Å². The van der Waals surface area contributed by atoms with Gasteiger partial charge in [0.1, 0.15) is 5.78 Å². The molecule has 1 aliphatic heterocycles. The van der Waals surface area contributed by atoms with Gasteiger partial charge < -0.3 is 0 Å². The molecule has 1 aliphatic carbocycles. The maximum atomic E-state index is 13.7. The lowest BCUT2D eigenvalue weighted by atomic mass is 9.83. The van der Waals surface area contributed by atoms with Crippen molar-refractivity contribution < 1.29 is 4.79 Å². The van der Waals surface area contributed by atoms with Gasteiger partial charge in [-0.1, -0.05) is 56.0 Å². The minimum Gasteiger partial charge on any atom is -0.300 e. The Labute approximate surface area is 207 Å². The Bertz CT molecular complexity index is 1110. The summed E-state index contributed by atoms with van der Waals surface area (Å²) in [6.07, 6.45) is 14.5. The molecule has 0 bridgehead atoms. The number of hydrogen-bond acceptors (Lipinski definition) is 4. The fraction of sp³-hybridized carbons (Fsp3) is 0.467. The minimum atomic E-state index is -0.0733. The Hall–Kier alpha value is -2.30. The molecular weight excluding hydrogens is 436 g/mol. The van der Waals surface area contributed by atoms with Crippen LogP contribution in [0.15, 0.2) is 60.1 Å². The zero-order valence-electron chi connectivity index (χ0n) is 20.1. The molecule has 3 nitrogen and oxygen atoms in total. The molecule has 3 heterocycles. The molecule has 2 aliphatic rings. The van der Waals surface area contributed by atoms with Crippen molar-refractivity contribution in [3.8, 4) is 0 Å². The molecule has 0 spiro atoms. The number of rotatable bonds is 7. The molecule has 1 atom stereocenters. The summed E-state index contributed by atoms with van der Waals surface area (Å²) in [7, 11) is 0. The average Bonchev–Trinajstić information content (AvgIpc) is 3.05. The quantitative estimate of drug-likeness (QED) is 0.334. The van der Waals surface area contributed by atoms with E-state index >= 15 is 0 Å². The second-order valence-electron chi connectivity index (χ2n) is 9.96. The van der Waals surface area contributed by atoms with E-state index < -0.39 is 0 Å². The largest absolute Gasteiger partial charge is 0.300 e. The Balaban J connectivity index is 1.28. The third kappa shape index (κ3) is 5.50. The van der Waals surface area contributed by atoms with Crippen LogP contribution in [0.3, 0.4) is 0 Å². The van der Waals surface area contributed by atoms with E-state index in [0.717, 1.165) is 51.0 Å². The summed E-state index contributed by atoms with van der Waals surface area (Å²) in [6.45, 7) is 3.00. The molecule has 0 radical (unpaired) electrons. The number of nitrogens with zero attached hydrogens (tertiary/aromatic N) is 2. The summed E-state index contributed by atoms with van der Waals surface area (Å²) in [5.41, 5.74) is 3.85. The van der Waals surface area contributed by atoms with E-state index in [1.54, 1.807) is 0 Å². The Kier molecular flexibility index (Phi) is 7.87. The lowest BCUT2D eigenvalue weighted by molar-refractivity contribution is -0.125. The number of Topliss-reactive ketones (excluding diaryl/α,β-unsaturated/α-hetero) is 1. The summed E-state index contributed by atoms with van der Waals surface area (Å²) >= 11 is 1.85. The molecule has 1 fully saturated rings. The smallest absolute Gasteiger partial charge is 0.145 e. The van der Waals surface area contributed by atoms with Gasteiger partial charge >= 0.3 is 0 Å². The minimum absolute atomic E-state index is 0.0733. The van der Waals surface area contributed by atoms with Gasteiger partial charge in [-0.3, -0.25) is 14.7 Å². The number of fused-ring (bicyclic) bond motifs is 1. The van der Waals surface area contributed by atoms with Crippen LogP contribution in [-0.4, -0.2) is 35.3 Å². The van der Waals surface area contributed by atoms with Crippen LogP contribution < -0.4 is 0 Å². The maximum absolute atomic E-state index is 13.7. The monoisotopic (exact) mass is 472 g/mol. The maximum Gasteiger partial charge on any atom is 0.145 e. The summed E-state index contributed by atoms with van der Waals surface area (Å²) in [5.74, 6) is 0.586. The van der Waals surface area contributed by atoms with Gasteiger partial charge in [-0.15, -0.1) is 11.3 Å². The molecule has 178 valence electrons. The number of carbonyl (C=O) groups excluding carboxylic acids is 1. The standard InChI is InChI=1S/C30H36N2OS/c33-29(24-9-3-1-2-4-10-24)27(28-14-5-6-18-31-28)16-21-32-19-8-12-23(15-20-32)26-13-7-11-25-17-22-34-30(25)26/h5-7,11,13-15,17-18,22,24,27H,1-4,8-10,12,16,19-21H2. The van der Waals surface area contributed by atoms with E-state index in [1.807, 2.05) is 29.7 Å². The van der Waals surface area contributed by atoms with Gasteiger partial charge in [0, 0.05) is 23.4 Å². The summed E-state index contributed by atoms with van der Waals surface area (Å²) < 4.78 is 1.41. The first kappa shape index (κ1) is 23.4. The number of hydrogen-bond donors (Lipinski definition) is 0. The molecule has 4 heteroatoms. The summed E-state index contributed by atoms with van der Waals surface area (Å²) in [6, 6.07) is 14.9. The van der Waals surface area contributed by atoms with Gasteiger partial charge in [0.15, 0.2) is 0 Å². The van der Waals surface area contributed by atoms with Crippen molar-refractivity contribution in [3.05, 3.63) is 71.4 Å². The van der Waals surface area contributed by atoms with E-state index in [2.05, 4.69) is 51.7 Å². The van der Waals surface area contributed by atoms with Crippen LogP contribution in [0.5, 0.6) is 0 Å². The third-order valence-corrected chi connectivity index (χ3v) is 8.68. The third-order valence-electron chi connectivity index (χ3n) is 7.72. The van der Waals surface area contributed by atoms with E-state index in [4.69, 9.17) is 0 Å². The van der Waals surface area contributed by atoms with E-state index in [0.29, 0.717) is 5.78 Å². The first-order valence-electron chi connectivity index (χ1n) is 13.1. The second-order valence-corrected chi connectivity index (χ2v) is 10.9. The fourth-order valence-electron chi connectivity index (χ4n) is 5.80. The molecule has 3 aromatic rings. The highest BCUT2D eigenvalue weighted by Gasteiger charge is 2.30. The molecule has 5 rings (SSSR count). The number of pyridine rings is 1. The van der Waals surface area contributed by atoms with Crippen LogP contribution in [-0.2, 0) is 4.79 Å². The summed E-state index contributed by atoms with van der Waals surface area (Å²) in [5, 5.41) is 3.54. The molecular formula is C30H36N2OS. The second kappa shape index (κ2) is 11.4. The molecule has 1 saturated carbocycles. The number of allylic oxidation sites excluding steroid dienone is 1. The van der Waals surface area contributed by atoms with Crippen LogP contribution in [0.1, 0.15) is 75.0 Å². The van der Waals surface area contributed by atoms with Crippen LogP contribution in [0.25, 0.3) is 15.7 Å². The first-order chi connectivity index (χ1) is 16.8. The molecule has 0 N–H and O–H groups in total. The zero-order chi connectivity index (χ0) is 23.2. The molecule has 0 saturated heterocycles. The molecule has 34 heavy (non-hydrogen) atoms. The highest BCUT2D eigenvalue weighted by molar-refractivity contribution is 7.17. The lowest BCUT2D eigenvalue weighted by Gasteiger charge is -2.25. The highest BCUT2D eigenvalue weighted by atomic mass is 32.1. The van der Waals surface area contributed by atoms with Gasteiger partial charge in [0.2, 0.25) is 0 Å². The predicted molar refractivity (Wildman–Crippen MR) is 143 cm³/mol. The van der Waals surface area contributed by atoms with Crippen molar-refractivity contribution in [1.29, 1.82) is 0 Å². The topological polar surface area (TPSA) is 33.2 Å². The van der Waals surface area contributed by atoms with Gasteiger partial charge in [-0.2, -0.15) is 0 Å². The molecule has 1 unspecified atom stereocenters. The number of thiophene rings is 1. The van der Waals surface area contributed by atoms with Crippen LogP contribution in [0, 0.1) is 5.92 Å². The van der Waals surface area contributed by atoms with Crippen molar-refractivity contribution in [1.82, 2.24) is 9.88 Å². The highest BCUT2D eigenvalue weighted by Crippen LogP contribution is 2.34. The Morgan fingerprint density at radius 1 is 1.03 bits per heavy atom. The first-order valence-corrected chi connectivity index (χ1v) is 14.0. The normalized spacial score (nSPS) is 19.4. The van der Waals surface area contributed by atoms with Crippen LogP contribution in [0.2, 0.25) is 0 Å². The number of carbonyl (C=O) groups is 1. The molecule has 1 aromatic carbocycles. The number of benzene rings is 1. The SMILES string of the molecule is O=C(C1CCCCCC1)C(CCN1CC=C(c2cccc3ccsc23)CCC1)c1ccccn1. The molecule has 0 amide bonds. The van der Waals surface area contributed by atoms with Crippen molar-refractivity contribution in [2.24, 2.45) is 5.92 Å². The zero-order valence-corrected chi connectivity index (χ0v) is 20.9. The number of ketones is 1. The van der Waals surface area contributed by atoms with E-state index in [-0.39, 0.29) is 11.8 Å². The Morgan fingerprint density at radius 3 is 2.74 bits per heavy atom. The van der Waals surface area contributed by atoms with E-state index in [1.165, 1.54) is 53.3 Å². The van der Waals surface area contributed by atoms with Crippen LogP contribution in [0.4, 0.5) is 0 Å². The summed E-state index contributed by atoms with van der Waals surface area (Å²) in [4.78, 5) is 20.8. The lowest BCUT2D eigenvalue weighted by Crippen LogP contribution is -2.30. The predicted octanol–water partition coefficient (Wildman–Crippen LogP) is 7.49. The number of aromatic nitrogens is 1.